The second kappa shape index (κ2) is 6.15. The smallest absolute Gasteiger partial charge is 0.0702 e. The molecule has 2 aromatic rings. The Bertz CT molecular complexity index is 605. The van der Waals surface area contributed by atoms with E-state index in [0.29, 0.717) is 11.8 Å². The number of rotatable bonds is 3. The van der Waals surface area contributed by atoms with Crippen LogP contribution in [0.4, 0.5) is 0 Å². The van der Waals surface area contributed by atoms with Crippen LogP contribution in [0.5, 0.6) is 0 Å². The van der Waals surface area contributed by atoms with Crippen molar-refractivity contribution in [2.45, 2.75) is 39.0 Å². The molecule has 0 bridgehead atoms. The van der Waals surface area contributed by atoms with E-state index in [0.717, 1.165) is 23.9 Å². The maximum absolute atomic E-state index is 6.04. The molecule has 2 heteroatoms. The summed E-state index contributed by atoms with van der Waals surface area (Å²) in [5.41, 5.74) is 8.51. The molecule has 1 aromatic heterocycles. The Morgan fingerprint density at radius 3 is 2.81 bits per heavy atom. The van der Waals surface area contributed by atoms with Crippen LogP contribution in [-0.2, 0) is 0 Å². The zero-order valence-electron chi connectivity index (χ0n) is 13.1. The molecule has 112 valence electrons. The summed E-state index contributed by atoms with van der Waals surface area (Å²) in [4.78, 5) is 4.65. The van der Waals surface area contributed by atoms with Crippen LogP contribution in [0.3, 0.4) is 0 Å². The number of hydrogen-bond donors (Lipinski definition) is 1. The highest BCUT2D eigenvalue weighted by molar-refractivity contribution is 5.78. The van der Waals surface area contributed by atoms with Crippen molar-refractivity contribution in [3.05, 3.63) is 42.1 Å². The van der Waals surface area contributed by atoms with E-state index in [2.05, 4.69) is 49.3 Å². The molecular weight excluding hydrogens is 256 g/mol. The molecule has 1 saturated carbocycles. The van der Waals surface area contributed by atoms with Crippen molar-refractivity contribution >= 4 is 10.9 Å². The molecular formula is C19H26N2. The van der Waals surface area contributed by atoms with Gasteiger partial charge in [-0.25, -0.2) is 0 Å². The quantitative estimate of drug-likeness (QED) is 0.909. The van der Waals surface area contributed by atoms with Gasteiger partial charge in [0.1, 0.15) is 0 Å². The van der Waals surface area contributed by atoms with Crippen LogP contribution in [0.15, 0.2) is 36.5 Å². The van der Waals surface area contributed by atoms with E-state index >= 15 is 0 Å². The molecule has 1 aliphatic rings. The Balaban J connectivity index is 1.93. The van der Waals surface area contributed by atoms with Crippen molar-refractivity contribution in [2.24, 2.45) is 23.5 Å². The predicted molar refractivity (Wildman–Crippen MR) is 89.2 cm³/mol. The Morgan fingerprint density at radius 1 is 1.24 bits per heavy atom. The van der Waals surface area contributed by atoms with E-state index in [-0.39, 0.29) is 0 Å². The van der Waals surface area contributed by atoms with E-state index < -0.39 is 0 Å². The highest BCUT2D eigenvalue weighted by atomic mass is 14.7. The van der Waals surface area contributed by atoms with Gasteiger partial charge < -0.3 is 5.73 Å². The SMILES string of the molecule is CC(C)C1CCC(CN)C(c2cnc3ccccc3c2)C1. The third-order valence-electron chi connectivity index (χ3n) is 5.32. The number of benzene rings is 1. The number of nitrogens with two attached hydrogens (primary N) is 1. The Kier molecular flexibility index (Phi) is 4.25. The summed E-state index contributed by atoms with van der Waals surface area (Å²) < 4.78 is 0. The minimum atomic E-state index is 0.577. The number of nitrogens with zero attached hydrogens (tertiary/aromatic N) is 1. The third-order valence-corrected chi connectivity index (χ3v) is 5.32. The molecule has 0 spiro atoms. The highest BCUT2D eigenvalue weighted by Gasteiger charge is 2.32. The Hall–Kier alpha value is -1.41. The van der Waals surface area contributed by atoms with E-state index in [1.54, 1.807) is 0 Å². The average molecular weight is 282 g/mol. The molecule has 21 heavy (non-hydrogen) atoms. The molecule has 0 amide bonds. The minimum Gasteiger partial charge on any atom is -0.330 e. The van der Waals surface area contributed by atoms with Crippen LogP contribution < -0.4 is 5.73 Å². The highest BCUT2D eigenvalue weighted by Crippen LogP contribution is 2.42. The summed E-state index contributed by atoms with van der Waals surface area (Å²) in [6.45, 7) is 5.49. The first-order chi connectivity index (χ1) is 10.2. The van der Waals surface area contributed by atoms with Crippen LogP contribution in [0.1, 0.15) is 44.6 Å². The Morgan fingerprint density at radius 2 is 2.05 bits per heavy atom. The normalized spacial score (nSPS) is 26.4. The lowest BCUT2D eigenvalue weighted by Gasteiger charge is -2.37. The van der Waals surface area contributed by atoms with Crippen molar-refractivity contribution in [2.75, 3.05) is 6.54 Å². The molecule has 0 radical (unpaired) electrons. The molecule has 2 nitrogen and oxygen atoms in total. The van der Waals surface area contributed by atoms with Gasteiger partial charge >= 0.3 is 0 Å². The first kappa shape index (κ1) is 14.5. The van der Waals surface area contributed by atoms with Gasteiger partial charge in [-0.15, -0.1) is 0 Å². The van der Waals surface area contributed by atoms with Gasteiger partial charge in [-0.1, -0.05) is 32.0 Å². The molecule has 1 heterocycles. The number of fused-ring (bicyclic) bond motifs is 1. The Labute approximate surface area is 127 Å². The molecule has 2 N–H and O–H groups in total. The maximum Gasteiger partial charge on any atom is 0.0702 e. The lowest BCUT2D eigenvalue weighted by Crippen LogP contribution is -2.30. The fourth-order valence-corrected chi connectivity index (χ4v) is 3.85. The van der Waals surface area contributed by atoms with E-state index in [1.165, 1.54) is 30.2 Å². The summed E-state index contributed by atoms with van der Waals surface area (Å²) in [7, 11) is 0. The molecule has 3 atom stereocenters. The molecule has 1 aromatic carbocycles. The van der Waals surface area contributed by atoms with E-state index in [9.17, 15) is 0 Å². The van der Waals surface area contributed by atoms with Crippen LogP contribution in [-0.4, -0.2) is 11.5 Å². The van der Waals surface area contributed by atoms with Crippen molar-refractivity contribution in [1.29, 1.82) is 0 Å². The van der Waals surface area contributed by atoms with Gasteiger partial charge in [0.15, 0.2) is 0 Å². The number of pyridine rings is 1. The fraction of sp³-hybridized carbons (Fsp3) is 0.526. The zero-order valence-corrected chi connectivity index (χ0v) is 13.1. The summed E-state index contributed by atoms with van der Waals surface area (Å²) in [6.07, 6.45) is 5.94. The lowest BCUT2D eigenvalue weighted by atomic mass is 9.68. The summed E-state index contributed by atoms with van der Waals surface area (Å²) in [6, 6.07) is 10.7. The molecule has 1 fully saturated rings. The van der Waals surface area contributed by atoms with E-state index in [4.69, 9.17) is 5.73 Å². The van der Waals surface area contributed by atoms with Gasteiger partial charge in [-0.05, 0) is 67.2 Å². The van der Waals surface area contributed by atoms with E-state index in [1.807, 2.05) is 6.07 Å². The topological polar surface area (TPSA) is 38.9 Å². The number of hydrogen-bond acceptors (Lipinski definition) is 2. The minimum absolute atomic E-state index is 0.577. The van der Waals surface area contributed by atoms with Gasteiger partial charge in [0.2, 0.25) is 0 Å². The van der Waals surface area contributed by atoms with Crippen LogP contribution in [0.2, 0.25) is 0 Å². The maximum atomic E-state index is 6.04. The van der Waals surface area contributed by atoms with Crippen molar-refractivity contribution < 1.29 is 0 Å². The van der Waals surface area contributed by atoms with Gasteiger partial charge in [-0.2, -0.15) is 0 Å². The molecule has 0 saturated heterocycles. The predicted octanol–water partition coefficient (Wildman–Crippen LogP) is 4.35. The molecule has 1 aliphatic carbocycles. The van der Waals surface area contributed by atoms with Crippen LogP contribution >= 0.6 is 0 Å². The van der Waals surface area contributed by atoms with Crippen LogP contribution in [0.25, 0.3) is 10.9 Å². The summed E-state index contributed by atoms with van der Waals surface area (Å²) in [5, 5.41) is 1.25. The fourth-order valence-electron chi connectivity index (χ4n) is 3.85. The average Bonchev–Trinajstić information content (AvgIpc) is 2.53. The second-order valence-corrected chi connectivity index (χ2v) is 6.88. The monoisotopic (exact) mass is 282 g/mol. The lowest BCUT2D eigenvalue weighted by molar-refractivity contribution is 0.197. The van der Waals surface area contributed by atoms with Gasteiger partial charge in [-0.3, -0.25) is 4.98 Å². The second-order valence-electron chi connectivity index (χ2n) is 6.88. The summed E-state index contributed by atoms with van der Waals surface area (Å²) >= 11 is 0. The largest absolute Gasteiger partial charge is 0.330 e. The summed E-state index contributed by atoms with van der Waals surface area (Å²) in [5.74, 6) is 2.78. The van der Waals surface area contributed by atoms with Crippen LogP contribution in [0, 0.1) is 17.8 Å². The number of para-hydroxylation sites is 1. The molecule has 0 aliphatic heterocycles. The first-order valence-corrected chi connectivity index (χ1v) is 8.23. The standard InChI is InChI=1S/C19H26N2/c1-13(2)14-7-8-16(11-20)18(10-14)17-9-15-5-3-4-6-19(15)21-12-17/h3-6,9,12-14,16,18H,7-8,10-11,20H2,1-2H3. The zero-order chi connectivity index (χ0) is 14.8. The number of aromatic nitrogens is 1. The van der Waals surface area contributed by atoms with Gasteiger partial charge in [0, 0.05) is 11.6 Å². The van der Waals surface area contributed by atoms with Gasteiger partial charge in [0.25, 0.3) is 0 Å². The molecule has 3 rings (SSSR count). The van der Waals surface area contributed by atoms with Crippen molar-refractivity contribution in [3.63, 3.8) is 0 Å². The van der Waals surface area contributed by atoms with Crippen molar-refractivity contribution in [1.82, 2.24) is 4.98 Å². The first-order valence-electron chi connectivity index (χ1n) is 8.23. The van der Waals surface area contributed by atoms with Gasteiger partial charge in [0.05, 0.1) is 5.52 Å². The molecule has 3 unspecified atom stereocenters. The van der Waals surface area contributed by atoms with Crippen molar-refractivity contribution in [3.8, 4) is 0 Å². The third kappa shape index (κ3) is 2.96.